The Balaban J connectivity index is 2.56. The minimum atomic E-state index is -4.29. The smallest absolute Gasteiger partial charge is 0.360 e. The lowest BCUT2D eigenvalue weighted by Crippen LogP contribution is -2.22. The van der Waals surface area contributed by atoms with Crippen molar-refractivity contribution >= 4 is 5.82 Å². The number of anilines is 1. The summed E-state index contributed by atoms with van der Waals surface area (Å²) in [5.74, 6) is -0.0167. The summed E-state index contributed by atoms with van der Waals surface area (Å²) in [6.07, 6.45) is -4.29. The molecule has 1 aromatic heterocycles. The first-order valence-electron chi connectivity index (χ1n) is 3.34. The molecule has 0 bridgehead atoms. The molecule has 0 aliphatic rings. The predicted molar refractivity (Wildman–Crippen MR) is 39.4 cm³/mol. The molecule has 13 heavy (non-hydrogen) atoms. The second-order valence-electron chi connectivity index (χ2n) is 2.28. The molecular formula is C6H6F3N3O. The Hall–Kier alpha value is -1.53. The summed E-state index contributed by atoms with van der Waals surface area (Å²) in [4.78, 5) is 10.5. The first-order valence-corrected chi connectivity index (χ1v) is 3.34. The van der Waals surface area contributed by atoms with Crippen molar-refractivity contribution in [2.24, 2.45) is 0 Å². The molecule has 0 saturated heterocycles. The fraction of sp³-hybridized carbons (Fsp3) is 0.333. The number of nitrogens with zero attached hydrogens (tertiary/aromatic N) is 1. The van der Waals surface area contributed by atoms with Gasteiger partial charge in [-0.1, -0.05) is 0 Å². The average molecular weight is 193 g/mol. The van der Waals surface area contributed by atoms with Crippen LogP contribution in [0.5, 0.6) is 0 Å². The monoisotopic (exact) mass is 193 g/mol. The Morgan fingerprint density at radius 2 is 2.15 bits per heavy atom. The number of nitrogens with one attached hydrogen (secondary N) is 2. The van der Waals surface area contributed by atoms with E-state index in [2.05, 4.69) is 5.10 Å². The first kappa shape index (κ1) is 9.56. The molecule has 1 rings (SSSR count). The van der Waals surface area contributed by atoms with Crippen LogP contribution >= 0.6 is 0 Å². The van der Waals surface area contributed by atoms with Crippen LogP contribution in [0.2, 0.25) is 0 Å². The number of aromatic nitrogens is 2. The third-order valence-corrected chi connectivity index (χ3v) is 1.15. The van der Waals surface area contributed by atoms with Crippen molar-refractivity contribution in [3.8, 4) is 0 Å². The van der Waals surface area contributed by atoms with Gasteiger partial charge in [-0.25, -0.2) is 5.10 Å². The maximum Gasteiger partial charge on any atom is 0.405 e. The molecule has 0 fully saturated rings. The van der Waals surface area contributed by atoms with Crippen LogP contribution in [0.4, 0.5) is 19.0 Å². The van der Waals surface area contributed by atoms with Crippen molar-refractivity contribution in [3.63, 3.8) is 0 Å². The van der Waals surface area contributed by atoms with Crippen molar-refractivity contribution in [3.05, 3.63) is 22.5 Å². The summed E-state index contributed by atoms with van der Waals surface area (Å²) >= 11 is 0. The molecule has 7 heteroatoms. The second-order valence-corrected chi connectivity index (χ2v) is 2.28. The molecule has 0 aliphatic carbocycles. The highest BCUT2D eigenvalue weighted by atomic mass is 19.4. The van der Waals surface area contributed by atoms with Gasteiger partial charge in [0.2, 0.25) is 0 Å². The zero-order valence-electron chi connectivity index (χ0n) is 6.35. The number of halogens is 3. The molecule has 0 saturated carbocycles. The predicted octanol–water partition coefficient (Wildman–Crippen LogP) is 0.744. The lowest BCUT2D eigenvalue weighted by atomic mass is 10.5. The Labute approximate surface area is 70.8 Å². The van der Waals surface area contributed by atoms with Gasteiger partial charge in [-0.05, 0) is 6.07 Å². The highest BCUT2D eigenvalue weighted by Gasteiger charge is 2.26. The van der Waals surface area contributed by atoms with Gasteiger partial charge in [-0.3, -0.25) is 4.79 Å². The van der Waals surface area contributed by atoms with Gasteiger partial charge in [0, 0.05) is 6.07 Å². The highest BCUT2D eigenvalue weighted by molar-refractivity contribution is 5.31. The van der Waals surface area contributed by atoms with Crippen molar-refractivity contribution in [1.29, 1.82) is 0 Å². The maximum absolute atomic E-state index is 11.7. The number of hydrogen-bond acceptors (Lipinski definition) is 3. The van der Waals surface area contributed by atoms with E-state index in [1.54, 1.807) is 0 Å². The number of hydrogen-bond donors (Lipinski definition) is 2. The molecule has 0 unspecified atom stereocenters. The average Bonchev–Trinajstić information content (AvgIpc) is 2.02. The van der Waals surface area contributed by atoms with Crippen LogP contribution in [0.25, 0.3) is 0 Å². The van der Waals surface area contributed by atoms with Crippen molar-refractivity contribution in [1.82, 2.24) is 10.2 Å². The Bertz CT molecular complexity index is 312. The third-order valence-electron chi connectivity index (χ3n) is 1.15. The second kappa shape index (κ2) is 3.46. The fourth-order valence-corrected chi connectivity index (χ4v) is 0.634. The first-order chi connectivity index (χ1) is 5.97. The van der Waals surface area contributed by atoms with Crippen LogP contribution in [0.1, 0.15) is 0 Å². The Morgan fingerprint density at radius 3 is 2.62 bits per heavy atom. The van der Waals surface area contributed by atoms with E-state index in [1.165, 1.54) is 6.07 Å². The molecule has 1 aromatic rings. The summed E-state index contributed by atoms with van der Waals surface area (Å²) in [7, 11) is 0. The van der Waals surface area contributed by atoms with E-state index in [9.17, 15) is 18.0 Å². The summed E-state index contributed by atoms with van der Waals surface area (Å²) in [5.41, 5.74) is -0.461. The van der Waals surface area contributed by atoms with Crippen LogP contribution in [-0.2, 0) is 0 Å². The summed E-state index contributed by atoms with van der Waals surface area (Å²) in [5, 5.41) is 7.34. The van der Waals surface area contributed by atoms with Gasteiger partial charge in [0.25, 0.3) is 5.56 Å². The van der Waals surface area contributed by atoms with E-state index in [-0.39, 0.29) is 5.82 Å². The molecule has 0 aromatic carbocycles. The maximum atomic E-state index is 11.7. The number of rotatable bonds is 2. The molecule has 0 amide bonds. The van der Waals surface area contributed by atoms with Crippen LogP contribution in [0.15, 0.2) is 16.9 Å². The van der Waals surface area contributed by atoms with Gasteiger partial charge in [0.1, 0.15) is 12.4 Å². The van der Waals surface area contributed by atoms with E-state index < -0.39 is 18.3 Å². The normalized spacial score (nSPS) is 11.3. The summed E-state index contributed by atoms with van der Waals surface area (Å²) < 4.78 is 35.0. The Kier molecular flexibility index (Phi) is 2.54. The molecule has 0 atom stereocenters. The molecule has 4 nitrogen and oxygen atoms in total. The van der Waals surface area contributed by atoms with Gasteiger partial charge in [0.05, 0.1) is 0 Å². The van der Waals surface area contributed by atoms with Crippen LogP contribution < -0.4 is 10.9 Å². The van der Waals surface area contributed by atoms with E-state index in [0.29, 0.717) is 0 Å². The van der Waals surface area contributed by atoms with Gasteiger partial charge < -0.3 is 5.32 Å². The van der Waals surface area contributed by atoms with E-state index in [1.807, 2.05) is 10.4 Å². The van der Waals surface area contributed by atoms with Gasteiger partial charge in [-0.2, -0.15) is 18.3 Å². The van der Waals surface area contributed by atoms with Crippen molar-refractivity contribution < 1.29 is 13.2 Å². The molecule has 1 heterocycles. The van der Waals surface area contributed by atoms with E-state index >= 15 is 0 Å². The van der Waals surface area contributed by atoms with Gasteiger partial charge >= 0.3 is 6.18 Å². The van der Waals surface area contributed by atoms with Crippen LogP contribution in [-0.4, -0.2) is 22.9 Å². The van der Waals surface area contributed by atoms with E-state index in [4.69, 9.17) is 0 Å². The Morgan fingerprint density at radius 1 is 1.46 bits per heavy atom. The van der Waals surface area contributed by atoms with Crippen molar-refractivity contribution in [2.45, 2.75) is 6.18 Å². The quantitative estimate of drug-likeness (QED) is 0.728. The number of alkyl halides is 3. The zero-order valence-corrected chi connectivity index (χ0v) is 6.35. The molecule has 0 spiro atoms. The SMILES string of the molecule is O=c1ccc(NCC(F)(F)F)n[nH]1. The number of H-pyrrole nitrogens is 1. The molecule has 72 valence electrons. The van der Waals surface area contributed by atoms with Crippen LogP contribution in [0.3, 0.4) is 0 Å². The third kappa shape index (κ3) is 3.59. The number of aromatic amines is 1. The highest BCUT2D eigenvalue weighted by Crippen LogP contribution is 2.14. The molecule has 0 radical (unpaired) electrons. The van der Waals surface area contributed by atoms with Gasteiger partial charge in [0.15, 0.2) is 0 Å². The largest absolute Gasteiger partial charge is 0.405 e. The van der Waals surface area contributed by atoms with Crippen molar-refractivity contribution in [2.75, 3.05) is 11.9 Å². The lowest BCUT2D eigenvalue weighted by molar-refractivity contribution is -0.115. The summed E-state index contributed by atoms with van der Waals surface area (Å²) in [6, 6.07) is 2.26. The standard InChI is InChI=1S/C6H6F3N3O/c7-6(8,9)3-10-4-1-2-5(13)12-11-4/h1-2H,3H2,(H,10,11)(H,12,13). The topological polar surface area (TPSA) is 57.8 Å². The minimum absolute atomic E-state index is 0.0167. The molecule has 0 aliphatic heterocycles. The summed E-state index contributed by atoms with van der Waals surface area (Å²) in [6.45, 7) is -1.17. The van der Waals surface area contributed by atoms with Crippen LogP contribution in [0, 0.1) is 0 Å². The zero-order chi connectivity index (χ0) is 9.90. The molecular weight excluding hydrogens is 187 g/mol. The van der Waals surface area contributed by atoms with E-state index in [0.717, 1.165) is 6.07 Å². The molecule has 2 N–H and O–H groups in total. The van der Waals surface area contributed by atoms with Gasteiger partial charge in [-0.15, -0.1) is 0 Å². The lowest BCUT2D eigenvalue weighted by Gasteiger charge is -2.07. The minimum Gasteiger partial charge on any atom is -0.360 e. The fourth-order valence-electron chi connectivity index (χ4n) is 0.634.